The summed E-state index contributed by atoms with van der Waals surface area (Å²) in [5.74, 6) is 0.620. The fraction of sp³-hybridized carbons (Fsp3) is 0.222. The molecule has 0 unspecified atom stereocenters. The minimum Gasteiger partial charge on any atom is -0.367 e. The smallest absolute Gasteiger partial charge is 0.171 e. The van der Waals surface area contributed by atoms with E-state index in [1.165, 1.54) is 0 Å². The highest BCUT2D eigenvalue weighted by Crippen LogP contribution is 2.13. The molecule has 4 nitrogen and oxygen atoms in total. The van der Waals surface area contributed by atoms with Crippen LogP contribution in [0.3, 0.4) is 0 Å². The SMILES string of the molecule is Clc1nccnc1NCCc1cscn1. The zero-order valence-electron chi connectivity index (χ0n) is 7.85. The Morgan fingerprint density at radius 3 is 2.87 bits per heavy atom. The number of hydrogen-bond acceptors (Lipinski definition) is 5. The molecular formula is C9H9ClN4S. The maximum absolute atomic E-state index is 5.84. The van der Waals surface area contributed by atoms with Gasteiger partial charge in [-0.25, -0.2) is 15.0 Å². The van der Waals surface area contributed by atoms with Gasteiger partial charge >= 0.3 is 0 Å². The van der Waals surface area contributed by atoms with E-state index in [4.69, 9.17) is 11.6 Å². The van der Waals surface area contributed by atoms with Crippen molar-refractivity contribution in [3.63, 3.8) is 0 Å². The van der Waals surface area contributed by atoms with Crippen molar-refractivity contribution in [1.29, 1.82) is 0 Å². The Bertz CT molecular complexity index is 418. The molecule has 0 saturated carbocycles. The van der Waals surface area contributed by atoms with E-state index in [0.717, 1.165) is 18.7 Å². The molecule has 78 valence electrons. The second-order valence-electron chi connectivity index (χ2n) is 2.85. The van der Waals surface area contributed by atoms with E-state index in [-0.39, 0.29) is 0 Å². The van der Waals surface area contributed by atoms with Crippen LogP contribution in [0.25, 0.3) is 0 Å². The highest BCUT2D eigenvalue weighted by atomic mass is 35.5. The first kappa shape index (κ1) is 10.3. The van der Waals surface area contributed by atoms with E-state index in [1.807, 2.05) is 10.9 Å². The summed E-state index contributed by atoms with van der Waals surface area (Å²) >= 11 is 7.43. The number of aromatic nitrogens is 3. The molecule has 15 heavy (non-hydrogen) atoms. The Morgan fingerprint density at radius 2 is 2.13 bits per heavy atom. The van der Waals surface area contributed by atoms with Gasteiger partial charge in [0.1, 0.15) is 0 Å². The lowest BCUT2D eigenvalue weighted by molar-refractivity contribution is 0.964. The van der Waals surface area contributed by atoms with Gasteiger partial charge in [0.15, 0.2) is 11.0 Å². The van der Waals surface area contributed by atoms with Gasteiger partial charge in [0.25, 0.3) is 0 Å². The third-order valence-electron chi connectivity index (χ3n) is 1.81. The molecule has 2 rings (SSSR count). The molecule has 0 spiro atoms. The van der Waals surface area contributed by atoms with Crippen molar-refractivity contribution < 1.29 is 0 Å². The summed E-state index contributed by atoms with van der Waals surface area (Å²) < 4.78 is 0. The Balaban J connectivity index is 1.86. The Kier molecular flexibility index (Phi) is 3.47. The fourth-order valence-corrected chi connectivity index (χ4v) is 1.87. The first-order valence-corrected chi connectivity index (χ1v) is 5.76. The normalized spacial score (nSPS) is 10.2. The van der Waals surface area contributed by atoms with Crippen molar-refractivity contribution in [2.24, 2.45) is 0 Å². The quantitative estimate of drug-likeness (QED) is 0.891. The minimum absolute atomic E-state index is 0.399. The lowest BCUT2D eigenvalue weighted by Gasteiger charge is -2.04. The Morgan fingerprint density at radius 1 is 1.27 bits per heavy atom. The predicted molar refractivity (Wildman–Crippen MR) is 61.3 cm³/mol. The summed E-state index contributed by atoms with van der Waals surface area (Å²) in [7, 11) is 0. The Labute approximate surface area is 96.4 Å². The summed E-state index contributed by atoms with van der Waals surface area (Å²) in [6, 6.07) is 0. The molecule has 2 aromatic heterocycles. The third kappa shape index (κ3) is 2.87. The van der Waals surface area contributed by atoms with Gasteiger partial charge in [-0.2, -0.15) is 0 Å². The molecule has 0 aliphatic rings. The lowest BCUT2D eigenvalue weighted by atomic mass is 10.3. The maximum atomic E-state index is 5.84. The van der Waals surface area contributed by atoms with Crippen LogP contribution in [0.4, 0.5) is 5.82 Å². The van der Waals surface area contributed by atoms with Gasteiger partial charge in [0.2, 0.25) is 0 Å². The number of nitrogens with zero attached hydrogens (tertiary/aromatic N) is 3. The second kappa shape index (κ2) is 5.04. The highest BCUT2D eigenvalue weighted by molar-refractivity contribution is 7.07. The van der Waals surface area contributed by atoms with Gasteiger partial charge in [-0.15, -0.1) is 11.3 Å². The fourth-order valence-electron chi connectivity index (χ4n) is 1.11. The monoisotopic (exact) mass is 240 g/mol. The molecule has 2 heterocycles. The second-order valence-corrected chi connectivity index (χ2v) is 3.93. The average molecular weight is 241 g/mol. The molecule has 0 bridgehead atoms. The van der Waals surface area contributed by atoms with Crippen molar-refractivity contribution >= 4 is 28.8 Å². The van der Waals surface area contributed by atoms with Gasteiger partial charge in [0.05, 0.1) is 11.2 Å². The van der Waals surface area contributed by atoms with Crippen LogP contribution in [0.15, 0.2) is 23.3 Å². The largest absolute Gasteiger partial charge is 0.367 e. The van der Waals surface area contributed by atoms with Crippen LogP contribution in [0.1, 0.15) is 5.69 Å². The summed E-state index contributed by atoms with van der Waals surface area (Å²) in [4.78, 5) is 12.2. The van der Waals surface area contributed by atoms with Crippen LogP contribution in [0, 0.1) is 0 Å². The molecule has 0 aromatic carbocycles. The van der Waals surface area contributed by atoms with Crippen LogP contribution < -0.4 is 5.32 Å². The maximum Gasteiger partial charge on any atom is 0.171 e. The number of anilines is 1. The van der Waals surface area contributed by atoms with E-state index >= 15 is 0 Å². The van der Waals surface area contributed by atoms with E-state index in [9.17, 15) is 0 Å². The molecular weight excluding hydrogens is 232 g/mol. The number of hydrogen-bond donors (Lipinski definition) is 1. The topological polar surface area (TPSA) is 50.7 Å². The molecule has 0 amide bonds. The molecule has 2 aromatic rings. The van der Waals surface area contributed by atoms with Crippen LogP contribution in [0.5, 0.6) is 0 Å². The van der Waals surface area contributed by atoms with E-state index in [0.29, 0.717) is 11.0 Å². The van der Waals surface area contributed by atoms with Gasteiger partial charge in [-0.05, 0) is 0 Å². The molecule has 1 N–H and O–H groups in total. The summed E-state index contributed by atoms with van der Waals surface area (Å²) in [6.07, 6.45) is 4.03. The van der Waals surface area contributed by atoms with Crippen LogP contribution in [-0.4, -0.2) is 21.5 Å². The van der Waals surface area contributed by atoms with Crippen LogP contribution in [-0.2, 0) is 6.42 Å². The molecule has 0 saturated heterocycles. The molecule has 0 aliphatic heterocycles. The third-order valence-corrected chi connectivity index (χ3v) is 2.72. The first-order valence-electron chi connectivity index (χ1n) is 4.43. The van der Waals surface area contributed by atoms with Crippen molar-refractivity contribution in [3.8, 4) is 0 Å². The number of halogens is 1. The van der Waals surface area contributed by atoms with E-state index in [1.54, 1.807) is 23.7 Å². The van der Waals surface area contributed by atoms with Crippen molar-refractivity contribution in [2.45, 2.75) is 6.42 Å². The summed E-state index contributed by atoms with van der Waals surface area (Å²) in [5.41, 5.74) is 2.90. The lowest BCUT2D eigenvalue weighted by Crippen LogP contribution is -2.07. The molecule has 0 aliphatic carbocycles. The Hall–Kier alpha value is -1.20. The predicted octanol–water partition coefficient (Wildman–Crippen LogP) is 2.24. The first-order chi connectivity index (χ1) is 7.36. The summed E-state index contributed by atoms with van der Waals surface area (Å²) in [6.45, 7) is 0.752. The zero-order chi connectivity index (χ0) is 10.5. The van der Waals surface area contributed by atoms with E-state index in [2.05, 4.69) is 20.3 Å². The van der Waals surface area contributed by atoms with Gasteiger partial charge in [0, 0.05) is 30.7 Å². The highest BCUT2D eigenvalue weighted by Gasteiger charge is 2.01. The van der Waals surface area contributed by atoms with Gasteiger partial charge < -0.3 is 5.32 Å². The van der Waals surface area contributed by atoms with Crippen molar-refractivity contribution in [3.05, 3.63) is 34.1 Å². The number of nitrogens with one attached hydrogen (secondary N) is 1. The zero-order valence-corrected chi connectivity index (χ0v) is 9.42. The molecule has 6 heteroatoms. The van der Waals surface area contributed by atoms with Crippen molar-refractivity contribution in [2.75, 3.05) is 11.9 Å². The minimum atomic E-state index is 0.399. The summed E-state index contributed by atoms with van der Waals surface area (Å²) in [5, 5.41) is 5.54. The molecule has 0 radical (unpaired) electrons. The molecule has 0 fully saturated rings. The van der Waals surface area contributed by atoms with Crippen LogP contribution in [0.2, 0.25) is 5.15 Å². The number of thiazole rings is 1. The van der Waals surface area contributed by atoms with E-state index < -0.39 is 0 Å². The standard InChI is InChI=1S/C9H9ClN4S/c10-8-9(13-4-3-11-8)12-2-1-7-5-15-6-14-7/h3-6H,1-2H2,(H,12,13). The van der Waals surface area contributed by atoms with Crippen molar-refractivity contribution in [1.82, 2.24) is 15.0 Å². The number of rotatable bonds is 4. The average Bonchev–Trinajstić information content (AvgIpc) is 2.74. The molecule has 0 atom stereocenters. The van der Waals surface area contributed by atoms with Gasteiger partial charge in [-0.1, -0.05) is 11.6 Å². The van der Waals surface area contributed by atoms with Crippen LogP contribution >= 0.6 is 22.9 Å². The van der Waals surface area contributed by atoms with Gasteiger partial charge in [-0.3, -0.25) is 0 Å².